The SMILES string of the molecule is CCCCCC1CCC(c2ccc3c(F)c(CC)c(OC(F)F)cc3c2)CC1. The molecule has 0 aromatic heterocycles. The molecule has 3 rings (SSSR count). The molecule has 1 aliphatic carbocycles. The largest absolute Gasteiger partial charge is 0.434 e. The van der Waals surface area contributed by atoms with Crippen LogP contribution in [0.1, 0.15) is 82.3 Å². The van der Waals surface area contributed by atoms with Crippen LogP contribution in [0.15, 0.2) is 24.3 Å². The van der Waals surface area contributed by atoms with Crippen LogP contribution in [-0.4, -0.2) is 6.61 Å². The van der Waals surface area contributed by atoms with E-state index in [1.165, 1.54) is 44.1 Å². The number of ether oxygens (including phenoxy) is 1. The number of hydrogen-bond donors (Lipinski definition) is 0. The predicted molar refractivity (Wildman–Crippen MR) is 109 cm³/mol. The summed E-state index contributed by atoms with van der Waals surface area (Å²) < 4.78 is 44.9. The highest BCUT2D eigenvalue weighted by atomic mass is 19.3. The number of alkyl halides is 2. The van der Waals surface area contributed by atoms with E-state index in [1.54, 1.807) is 19.1 Å². The third-order valence-corrected chi connectivity index (χ3v) is 6.26. The second-order valence-electron chi connectivity index (χ2n) is 8.09. The second-order valence-corrected chi connectivity index (χ2v) is 8.09. The first-order valence-electron chi connectivity index (χ1n) is 10.7. The molecule has 1 aliphatic rings. The van der Waals surface area contributed by atoms with Crippen LogP contribution in [0.4, 0.5) is 13.2 Å². The van der Waals surface area contributed by atoms with Crippen molar-refractivity contribution in [2.45, 2.75) is 84.2 Å². The molecule has 0 saturated heterocycles. The second kappa shape index (κ2) is 9.67. The quantitative estimate of drug-likeness (QED) is 0.414. The monoisotopic (exact) mass is 392 g/mol. The first-order valence-corrected chi connectivity index (χ1v) is 10.7. The van der Waals surface area contributed by atoms with Crippen molar-refractivity contribution < 1.29 is 17.9 Å². The minimum atomic E-state index is -2.95. The van der Waals surface area contributed by atoms with E-state index >= 15 is 0 Å². The summed E-state index contributed by atoms with van der Waals surface area (Å²) in [4.78, 5) is 0. The van der Waals surface area contributed by atoms with E-state index in [1.807, 2.05) is 12.1 Å². The first-order chi connectivity index (χ1) is 13.5. The van der Waals surface area contributed by atoms with Crippen molar-refractivity contribution in [1.29, 1.82) is 0 Å². The zero-order valence-electron chi connectivity index (χ0n) is 16.9. The average molecular weight is 393 g/mol. The standard InChI is InChI=1S/C24H31F3O/c1-3-5-6-7-16-8-10-17(11-9-16)18-12-13-21-19(14-18)15-22(28-24(26)27)20(4-2)23(21)25/h12-17,24H,3-11H2,1-2H3. The maximum Gasteiger partial charge on any atom is 0.387 e. The van der Waals surface area contributed by atoms with E-state index < -0.39 is 12.4 Å². The third kappa shape index (κ3) is 4.82. The fourth-order valence-corrected chi connectivity index (χ4v) is 4.65. The number of unbranched alkanes of at least 4 members (excludes halogenated alkanes) is 2. The van der Waals surface area contributed by atoms with Gasteiger partial charge in [-0.25, -0.2) is 4.39 Å². The Bertz CT molecular complexity index is 779. The molecule has 0 spiro atoms. The Morgan fingerprint density at radius 2 is 1.79 bits per heavy atom. The number of halogens is 3. The molecular formula is C24H31F3O. The topological polar surface area (TPSA) is 9.23 Å². The smallest absolute Gasteiger partial charge is 0.387 e. The molecule has 0 amide bonds. The van der Waals surface area contributed by atoms with E-state index in [4.69, 9.17) is 0 Å². The summed E-state index contributed by atoms with van der Waals surface area (Å²) >= 11 is 0. The van der Waals surface area contributed by atoms with Gasteiger partial charge in [-0.3, -0.25) is 0 Å². The van der Waals surface area contributed by atoms with E-state index in [0.717, 1.165) is 18.8 Å². The van der Waals surface area contributed by atoms with Crippen molar-refractivity contribution in [3.8, 4) is 5.75 Å². The molecule has 1 saturated carbocycles. The maximum absolute atomic E-state index is 14.8. The van der Waals surface area contributed by atoms with Gasteiger partial charge in [0.25, 0.3) is 0 Å². The van der Waals surface area contributed by atoms with Crippen LogP contribution in [0, 0.1) is 11.7 Å². The Balaban J connectivity index is 1.78. The van der Waals surface area contributed by atoms with Gasteiger partial charge in [0.2, 0.25) is 0 Å². The average Bonchev–Trinajstić information content (AvgIpc) is 2.68. The van der Waals surface area contributed by atoms with E-state index in [-0.39, 0.29) is 11.3 Å². The molecule has 2 aromatic rings. The molecule has 1 nitrogen and oxygen atoms in total. The molecule has 0 N–H and O–H groups in total. The van der Waals surface area contributed by atoms with Gasteiger partial charge in [-0.05, 0) is 61.0 Å². The number of hydrogen-bond acceptors (Lipinski definition) is 1. The molecule has 0 unspecified atom stereocenters. The van der Waals surface area contributed by atoms with Gasteiger partial charge < -0.3 is 4.74 Å². The van der Waals surface area contributed by atoms with Crippen molar-refractivity contribution in [2.75, 3.05) is 0 Å². The van der Waals surface area contributed by atoms with Crippen molar-refractivity contribution in [3.63, 3.8) is 0 Å². The maximum atomic E-state index is 14.8. The van der Waals surface area contributed by atoms with Crippen LogP contribution in [0.3, 0.4) is 0 Å². The number of fused-ring (bicyclic) bond motifs is 1. The lowest BCUT2D eigenvalue weighted by atomic mass is 9.76. The lowest BCUT2D eigenvalue weighted by molar-refractivity contribution is -0.0504. The predicted octanol–water partition coefficient (Wildman–Crippen LogP) is 8.00. The summed E-state index contributed by atoms with van der Waals surface area (Å²) in [6.45, 7) is 1.03. The lowest BCUT2D eigenvalue weighted by Crippen LogP contribution is -2.13. The Morgan fingerprint density at radius 3 is 2.43 bits per heavy atom. The zero-order valence-corrected chi connectivity index (χ0v) is 16.9. The van der Waals surface area contributed by atoms with Gasteiger partial charge in [-0.2, -0.15) is 8.78 Å². The Labute approximate surface area is 166 Å². The molecule has 0 aliphatic heterocycles. The van der Waals surface area contributed by atoms with Gasteiger partial charge in [0.1, 0.15) is 11.6 Å². The Morgan fingerprint density at radius 1 is 1.04 bits per heavy atom. The van der Waals surface area contributed by atoms with Crippen molar-refractivity contribution in [3.05, 3.63) is 41.2 Å². The molecule has 0 radical (unpaired) electrons. The first kappa shape index (κ1) is 21.0. The molecule has 4 heteroatoms. The molecule has 154 valence electrons. The minimum absolute atomic E-state index is 0.0423. The molecule has 1 fully saturated rings. The highest BCUT2D eigenvalue weighted by Crippen LogP contribution is 2.40. The number of rotatable bonds is 8. The summed E-state index contributed by atoms with van der Waals surface area (Å²) in [5.74, 6) is 0.820. The van der Waals surface area contributed by atoms with E-state index in [2.05, 4.69) is 11.7 Å². The van der Waals surface area contributed by atoms with Crippen LogP contribution in [0.25, 0.3) is 10.8 Å². The summed E-state index contributed by atoms with van der Waals surface area (Å²) in [5, 5.41) is 1.13. The fraction of sp³-hybridized carbons (Fsp3) is 0.583. The zero-order chi connectivity index (χ0) is 20.1. The van der Waals surface area contributed by atoms with Gasteiger partial charge >= 0.3 is 6.61 Å². The molecule has 0 heterocycles. The minimum Gasteiger partial charge on any atom is -0.434 e. The fourth-order valence-electron chi connectivity index (χ4n) is 4.65. The third-order valence-electron chi connectivity index (χ3n) is 6.26. The summed E-state index contributed by atoms with van der Waals surface area (Å²) in [6.07, 6.45) is 10.3. The molecule has 2 aromatic carbocycles. The summed E-state index contributed by atoms with van der Waals surface area (Å²) in [7, 11) is 0. The van der Waals surface area contributed by atoms with Gasteiger partial charge in [0, 0.05) is 10.9 Å². The van der Waals surface area contributed by atoms with Crippen LogP contribution >= 0.6 is 0 Å². The van der Waals surface area contributed by atoms with Crippen LogP contribution in [0.5, 0.6) is 5.75 Å². The van der Waals surface area contributed by atoms with Crippen LogP contribution < -0.4 is 4.74 Å². The van der Waals surface area contributed by atoms with Crippen LogP contribution in [0.2, 0.25) is 0 Å². The molecule has 0 atom stereocenters. The van der Waals surface area contributed by atoms with Gasteiger partial charge in [-0.15, -0.1) is 0 Å². The van der Waals surface area contributed by atoms with Gasteiger partial charge in [-0.1, -0.05) is 57.7 Å². The van der Waals surface area contributed by atoms with Crippen molar-refractivity contribution in [1.82, 2.24) is 0 Å². The molecule has 0 bridgehead atoms. The van der Waals surface area contributed by atoms with Gasteiger partial charge in [0.05, 0.1) is 0 Å². The van der Waals surface area contributed by atoms with E-state index in [9.17, 15) is 13.2 Å². The highest BCUT2D eigenvalue weighted by Gasteiger charge is 2.23. The van der Waals surface area contributed by atoms with Crippen molar-refractivity contribution >= 4 is 10.8 Å². The lowest BCUT2D eigenvalue weighted by Gasteiger charge is -2.29. The van der Waals surface area contributed by atoms with Crippen molar-refractivity contribution in [2.24, 2.45) is 5.92 Å². The van der Waals surface area contributed by atoms with Gasteiger partial charge in [0.15, 0.2) is 0 Å². The number of benzene rings is 2. The van der Waals surface area contributed by atoms with E-state index in [0.29, 0.717) is 23.1 Å². The Kier molecular flexibility index (Phi) is 7.25. The molecular weight excluding hydrogens is 361 g/mol. The normalized spacial score (nSPS) is 20.1. The van der Waals surface area contributed by atoms with Crippen LogP contribution in [-0.2, 0) is 6.42 Å². The molecule has 28 heavy (non-hydrogen) atoms. The summed E-state index contributed by atoms with van der Waals surface area (Å²) in [5.41, 5.74) is 1.40. The Hall–Kier alpha value is -1.71. The summed E-state index contributed by atoms with van der Waals surface area (Å²) in [6, 6.07) is 7.36. The highest BCUT2D eigenvalue weighted by molar-refractivity contribution is 5.86.